The summed E-state index contributed by atoms with van der Waals surface area (Å²) in [5, 5.41) is 1.93. The van der Waals surface area contributed by atoms with E-state index >= 15 is 0 Å². The summed E-state index contributed by atoms with van der Waals surface area (Å²) in [6, 6.07) is 0.432. The van der Waals surface area contributed by atoms with Gasteiger partial charge in [0, 0.05) is 0 Å². The molecule has 2 aliphatic rings. The van der Waals surface area contributed by atoms with Crippen LogP contribution in [0.2, 0.25) is 0 Å². The Morgan fingerprint density at radius 3 is 3.00 bits per heavy atom. The van der Waals surface area contributed by atoms with Crippen molar-refractivity contribution in [2.45, 2.75) is 31.1 Å². The lowest BCUT2D eigenvalue weighted by atomic mass is 10.1. The molecule has 1 nitrogen and oxygen atoms in total. The highest BCUT2D eigenvalue weighted by Crippen LogP contribution is 2.32. The van der Waals surface area contributed by atoms with E-state index in [1.165, 1.54) is 11.5 Å². The van der Waals surface area contributed by atoms with E-state index in [2.05, 4.69) is 36.2 Å². The molecule has 0 saturated carbocycles. The molecule has 0 bridgehead atoms. The standard InChI is InChI=1S/C10H13NS/c1-2-5-10-11-8-6-3-4-7-9(8)12-10/h3-4,6-9H,2,5H2,1H3. The van der Waals surface area contributed by atoms with Crippen LogP contribution >= 0.6 is 11.8 Å². The molecule has 0 aromatic heterocycles. The van der Waals surface area contributed by atoms with Crippen LogP contribution in [0.5, 0.6) is 0 Å². The minimum absolute atomic E-state index is 0.432. The van der Waals surface area contributed by atoms with E-state index in [0.717, 1.165) is 6.42 Å². The van der Waals surface area contributed by atoms with Gasteiger partial charge < -0.3 is 0 Å². The van der Waals surface area contributed by atoms with E-state index in [0.29, 0.717) is 11.3 Å². The van der Waals surface area contributed by atoms with E-state index < -0.39 is 0 Å². The number of allylic oxidation sites excluding steroid dienone is 2. The summed E-state index contributed by atoms with van der Waals surface area (Å²) >= 11 is 1.93. The Labute approximate surface area is 77.7 Å². The molecule has 1 aliphatic carbocycles. The van der Waals surface area contributed by atoms with Gasteiger partial charge in [-0.05, 0) is 6.42 Å². The summed E-state index contributed by atoms with van der Waals surface area (Å²) in [6.45, 7) is 2.21. The van der Waals surface area contributed by atoms with Gasteiger partial charge in [-0.25, -0.2) is 0 Å². The molecule has 0 fully saturated rings. The summed E-state index contributed by atoms with van der Waals surface area (Å²) in [7, 11) is 0. The van der Waals surface area contributed by atoms with E-state index in [4.69, 9.17) is 0 Å². The van der Waals surface area contributed by atoms with Crippen molar-refractivity contribution in [1.29, 1.82) is 0 Å². The van der Waals surface area contributed by atoms with Crippen molar-refractivity contribution < 1.29 is 0 Å². The number of hydrogen-bond acceptors (Lipinski definition) is 2. The number of nitrogens with zero attached hydrogens (tertiary/aromatic N) is 1. The van der Waals surface area contributed by atoms with Crippen LogP contribution in [0, 0.1) is 0 Å². The molecule has 0 N–H and O–H groups in total. The van der Waals surface area contributed by atoms with E-state index in [1.54, 1.807) is 0 Å². The molecular formula is C10H13NS. The van der Waals surface area contributed by atoms with Crippen LogP contribution in [0.1, 0.15) is 19.8 Å². The maximum atomic E-state index is 4.64. The molecule has 2 heteroatoms. The van der Waals surface area contributed by atoms with Crippen LogP contribution in [0.3, 0.4) is 0 Å². The summed E-state index contributed by atoms with van der Waals surface area (Å²) in [5.74, 6) is 0. The van der Waals surface area contributed by atoms with Crippen molar-refractivity contribution in [2.75, 3.05) is 0 Å². The molecule has 2 atom stereocenters. The van der Waals surface area contributed by atoms with Crippen molar-refractivity contribution in [3.63, 3.8) is 0 Å². The van der Waals surface area contributed by atoms with Crippen LogP contribution in [0.25, 0.3) is 0 Å². The monoisotopic (exact) mass is 179 g/mol. The molecule has 0 amide bonds. The number of hydrogen-bond donors (Lipinski definition) is 0. The van der Waals surface area contributed by atoms with E-state index in [9.17, 15) is 0 Å². The minimum Gasteiger partial charge on any atom is -0.274 e. The smallest absolute Gasteiger partial charge is 0.0850 e. The Morgan fingerprint density at radius 2 is 2.25 bits per heavy atom. The first-order valence-electron chi connectivity index (χ1n) is 4.48. The summed E-state index contributed by atoms with van der Waals surface area (Å²) in [4.78, 5) is 4.64. The highest BCUT2D eigenvalue weighted by atomic mass is 32.2. The first-order valence-corrected chi connectivity index (χ1v) is 5.36. The maximum Gasteiger partial charge on any atom is 0.0850 e. The van der Waals surface area contributed by atoms with Crippen LogP contribution in [-0.2, 0) is 0 Å². The van der Waals surface area contributed by atoms with E-state index in [1.807, 2.05) is 11.8 Å². The second-order valence-electron chi connectivity index (χ2n) is 3.12. The molecule has 12 heavy (non-hydrogen) atoms. The average Bonchev–Trinajstić information content (AvgIpc) is 2.47. The Hall–Kier alpha value is -0.500. The second-order valence-corrected chi connectivity index (χ2v) is 4.37. The zero-order chi connectivity index (χ0) is 8.39. The van der Waals surface area contributed by atoms with Gasteiger partial charge in [-0.15, -0.1) is 11.8 Å². The lowest BCUT2D eigenvalue weighted by Gasteiger charge is -2.10. The first kappa shape index (κ1) is 8.11. The summed E-state index contributed by atoms with van der Waals surface area (Å²) in [6.07, 6.45) is 11.0. The van der Waals surface area contributed by atoms with Crippen LogP contribution in [-0.4, -0.2) is 16.3 Å². The van der Waals surface area contributed by atoms with Gasteiger partial charge in [0.15, 0.2) is 0 Å². The van der Waals surface area contributed by atoms with Crippen molar-refractivity contribution in [3.05, 3.63) is 24.3 Å². The average molecular weight is 179 g/mol. The number of thioether (sulfide) groups is 1. The quantitative estimate of drug-likeness (QED) is 0.635. The first-order chi connectivity index (χ1) is 5.90. The van der Waals surface area contributed by atoms with Gasteiger partial charge in [-0.2, -0.15) is 0 Å². The highest BCUT2D eigenvalue weighted by Gasteiger charge is 2.26. The number of rotatable bonds is 2. The largest absolute Gasteiger partial charge is 0.274 e. The molecule has 0 saturated heterocycles. The number of aliphatic imine (C=N–C) groups is 1. The molecule has 1 aliphatic heterocycles. The lowest BCUT2D eigenvalue weighted by molar-refractivity contribution is 0.855. The number of fused-ring (bicyclic) bond motifs is 1. The van der Waals surface area contributed by atoms with Gasteiger partial charge in [-0.3, -0.25) is 4.99 Å². The van der Waals surface area contributed by atoms with Crippen LogP contribution < -0.4 is 0 Å². The third kappa shape index (κ3) is 1.48. The summed E-state index contributed by atoms with van der Waals surface area (Å²) in [5.41, 5.74) is 0. The van der Waals surface area contributed by atoms with Gasteiger partial charge >= 0.3 is 0 Å². The van der Waals surface area contributed by atoms with Gasteiger partial charge in [0.2, 0.25) is 0 Å². The third-order valence-corrected chi connectivity index (χ3v) is 3.38. The Morgan fingerprint density at radius 1 is 1.42 bits per heavy atom. The molecule has 0 radical (unpaired) electrons. The predicted molar refractivity (Wildman–Crippen MR) is 55.8 cm³/mol. The molecule has 0 spiro atoms. The van der Waals surface area contributed by atoms with Crippen molar-refractivity contribution in [2.24, 2.45) is 4.99 Å². The fraction of sp³-hybridized carbons (Fsp3) is 0.500. The molecule has 64 valence electrons. The maximum absolute atomic E-state index is 4.64. The van der Waals surface area contributed by atoms with Crippen molar-refractivity contribution in [3.8, 4) is 0 Å². The van der Waals surface area contributed by atoms with Gasteiger partial charge in [0.25, 0.3) is 0 Å². The molecule has 0 aromatic rings. The van der Waals surface area contributed by atoms with Crippen molar-refractivity contribution in [1.82, 2.24) is 0 Å². The van der Waals surface area contributed by atoms with Gasteiger partial charge in [-0.1, -0.05) is 37.6 Å². The second kappa shape index (κ2) is 3.48. The molecule has 0 aromatic carbocycles. The highest BCUT2D eigenvalue weighted by molar-refractivity contribution is 8.14. The van der Waals surface area contributed by atoms with E-state index in [-0.39, 0.29) is 0 Å². The topological polar surface area (TPSA) is 12.4 Å². The van der Waals surface area contributed by atoms with Crippen LogP contribution in [0.15, 0.2) is 29.3 Å². The lowest BCUT2D eigenvalue weighted by Crippen LogP contribution is -2.13. The molecule has 2 rings (SSSR count). The predicted octanol–water partition coefficient (Wildman–Crippen LogP) is 2.80. The fourth-order valence-electron chi connectivity index (χ4n) is 1.49. The third-order valence-electron chi connectivity index (χ3n) is 2.09. The Kier molecular flexibility index (Phi) is 2.35. The molecule has 2 unspecified atom stereocenters. The van der Waals surface area contributed by atoms with Crippen molar-refractivity contribution >= 4 is 16.8 Å². The van der Waals surface area contributed by atoms with Gasteiger partial charge in [0.1, 0.15) is 0 Å². The molecule has 1 heterocycles. The van der Waals surface area contributed by atoms with Gasteiger partial charge in [0.05, 0.1) is 16.3 Å². The SMILES string of the molecule is CCCC1=NC2C=CC=CC2S1. The fourth-order valence-corrected chi connectivity index (χ4v) is 2.77. The minimum atomic E-state index is 0.432. The van der Waals surface area contributed by atoms with Crippen LogP contribution in [0.4, 0.5) is 0 Å². The normalized spacial score (nSPS) is 31.9. The molecular weight excluding hydrogens is 166 g/mol. The zero-order valence-electron chi connectivity index (χ0n) is 7.23. The Balaban J connectivity index is 2.06. The zero-order valence-corrected chi connectivity index (χ0v) is 8.05. The Bertz CT molecular complexity index is 253. The summed E-state index contributed by atoms with van der Waals surface area (Å²) < 4.78 is 0.